The number of aliphatic hydroxyl groups is 1. The summed E-state index contributed by atoms with van der Waals surface area (Å²) >= 11 is 6.76. The van der Waals surface area contributed by atoms with E-state index >= 15 is 0 Å². The second kappa shape index (κ2) is 16.5. The van der Waals surface area contributed by atoms with E-state index in [0.717, 1.165) is 77.2 Å². The van der Waals surface area contributed by atoms with Crippen molar-refractivity contribution in [3.63, 3.8) is 0 Å². The van der Waals surface area contributed by atoms with Gasteiger partial charge in [0.15, 0.2) is 0 Å². The van der Waals surface area contributed by atoms with Crippen molar-refractivity contribution in [1.82, 2.24) is 30.5 Å². The number of nitrogens with zero attached hydrogens (tertiary/aromatic N) is 6. The molecule has 12 nitrogen and oxygen atoms in total. The van der Waals surface area contributed by atoms with Crippen molar-refractivity contribution >= 4 is 17.5 Å². The molecule has 0 radical (unpaired) electrons. The van der Waals surface area contributed by atoms with Crippen LogP contribution in [-0.2, 0) is 19.8 Å². The number of likely N-dealkylation sites (tertiary alicyclic amines) is 1. The van der Waals surface area contributed by atoms with Gasteiger partial charge >= 0.3 is 0 Å². The van der Waals surface area contributed by atoms with Crippen LogP contribution in [0.1, 0.15) is 46.2 Å². The average molecular weight is 695 g/mol. The number of β-amino-alcohol motifs (C(OH)–C–C–N with tert-alkyl or cyclic N) is 1. The minimum Gasteiger partial charge on any atom is -0.493 e. The molecule has 0 unspecified atom stereocenters. The molecule has 0 bridgehead atoms. The number of benzene rings is 3. The van der Waals surface area contributed by atoms with Crippen LogP contribution < -0.4 is 19.5 Å². The molecule has 5 aromatic rings. The van der Waals surface area contributed by atoms with Crippen molar-refractivity contribution in [2.24, 2.45) is 0 Å². The highest BCUT2D eigenvalue weighted by molar-refractivity contribution is 6.32. The first-order chi connectivity index (χ1) is 24.4. The first-order valence-corrected chi connectivity index (χ1v) is 16.9. The van der Waals surface area contributed by atoms with Gasteiger partial charge in [-0.1, -0.05) is 47.0 Å². The van der Waals surface area contributed by atoms with Crippen LogP contribution in [0.3, 0.4) is 0 Å². The molecule has 1 saturated heterocycles. The number of aromatic nitrogens is 5. The summed E-state index contributed by atoms with van der Waals surface area (Å²) in [6.07, 6.45) is 4.71. The minimum atomic E-state index is -0.205. The van der Waals surface area contributed by atoms with E-state index in [4.69, 9.17) is 25.8 Å². The number of ether oxygens (including phenoxy) is 3. The molecule has 1 fully saturated rings. The molecule has 6 rings (SSSR count). The number of halogens is 1. The zero-order valence-electron chi connectivity index (χ0n) is 28.0. The summed E-state index contributed by atoms with van der Waals surface area (Å²) in [4.78, 5) is 6.42. The molecule has 2 aromatic heterocycles. The molecule has 50 heavy (non-hydrogen) atoms. The lowest BCUT2D eigenvalue weighted by molar-refractivity contribution is 0.173. The van der Waals surface area contributed by atoms with Crippen molar-refractivity contribution < 1.29 is 19.3 Å². The molecule has 0 aliphatic carbocycles. The molecule has 1 aliphatic rings. The maximum atomic E-state index is 9.78. The van der Waals surface area contributed by atoms with Gasteiger partial charge in [0.2, 0.25) is 5.95 Å². The molecule has 0 saturated carbocycles. The zero-order valence-corrected chi connectivity index (χ0v) is 28.8. The Kier molecular flexibility index (Phi) is 11.4. The van der Waals surface area contributed by atoms with E-state index in [1.165, 1.54) is 6.20 Å². The quantitative estimate of drug-likeness (QED) is 0.110. The van der Waals surface area contributed by atoms with Crippen molar-refractivity contribution in [3.05, 3.63) is 105 Å². The highest BCUT2D eigenvalue weighted by Crippen LogP contribution is 2.36. The van der Waals surface area contributed by atoms with Crippen molar-refractivity contribution in [1.29, 1.82) is 5.26 Å². The maximum Gasteiger partial charge on any atom is 0.240 e. The number of nitriles is 1. The van der Waals surface area contributed by atoms with E-state index in [9.17, 15) is 10.4 Å². The summed E-state index contributed by atoms with van der Waals surface area (Å²) in [7, 11) is 0. The number of tetrazole rings is 1. The summed E-state index contributed by atoms with van der Waals surface area (Å²) < 4.78 is 18.8. The second-order valence-corrected chi connectivity index (χ2v) is 12.6. The molecule has 0 amide bonds. The lowest BCUT2D eigenvalue weighted by atomic mass is 9.93. The summed E-state index contributed by atoms with van der Waals surface area (Å²) in [5, 5.41) is 36.3. The number of nitrogens with one attached hydrogen (secondary N) is 2. The van der Waals surface area contributed by atoms with Gasteiger partial charge < -0.3 is 29.5 Å². The van der Waals surface area contributed by atoms with Crippen LogP contribution in [-0.4, -0.2) is 68.0 Å². The summed E-state index contributed by atoms with van der Waals surface area (Å²) in [5.74, 6) is 2.28. The van der Waals surface area contributed by atoms with Crippen LogP contribution in [0.2, 0.25) is 5.02 Å². The van der Waals surface area contributed by atoms with E-state index in [2.05, 4.69) is 67.9 Å². The van der Waals surface area contributed by atoms with Crippen molar-refractivity contribution in [2.75, 3.05) is 31.6 Å². The fourth-order valence-corrected chi connectivity index (χ4v) is 6.24. The zero-order chi connectivity index (χ0) is 34.9. The number of aromatic amines is 1. The van der Waals surface area contributed by atoms with Gasteiger partial charge in [-0.25, -0.2) is 5.10 Å². The second-order valence-electron chi connectivity index (χ2n) is 12.2. The predicted molar refractivity (Wildman–Crippen MR) is 189 cm³/mol. The smallest absolute Gasteiger partial charge is 0.240 e. The number of hydrogen-bond donors (Lipinski definition) is 3. The Morgan fingerprint density at radius 3 is 2.58 bits per heavy atom. The average Bonchev–Trinajstić information content (AvgIpc) is 3.81. The van der Waals surface area contributed by atoms with E-state index in [0.29, 0.717) is 41.2 Å². The van der Waals surface area contributed by atoms with Crippen LogP contribution in [0.4, 0.5) is 5.95 Å². The summed E-state index contributed by atoms with van der Waals surface area (Å²) in [6, 6.07) is 19.8. The van der Waals surface area contributed by atoms with Gasteiger partial charge in [0, 0.05) is 55.8 Å². The number of aliphatic hydroxyl groups excluding tert-OH is 1. The van der Waals surface area contributed by atoms with Gasteiger partial charge in [-0.3, -0.25) is 4.98 Å². The Bertz CT molecular complexity index is 1950. The van der Waals surface area contributed by atoms with Gasteiger partial charge in [-0.05, 0) is 83.1 Å². The van der Waals surface area contributed by atoms with Crippen LogP contribution >= 0.6 is 11.6 Å². The molecule has 258 valence electrons. The molecule has 3 heterocycles. The first-order valence-electron chi connectivity index (χ1n) is 16.5. The third-order valence-electron chi connectivity index (χ3n) is 8.75. The summed E-state index contributed by atoms with van der Waals surface area (Å²) in [5.41, 5.74) is 7.36. The van der Waals surface area contributed by atoms with E-state index in [-0.39, 0.29) is 19.3 Å². The van der Waals surface area contributed by atoms with Crippen LogP contribution in [0.25, 0.3) is 11.1 Å². The fourth-order valence-electron chi connectivity index (χ4n) is 6.00. The van der Waals surface area contributed by atoms with Gasteiger partial charge in [0.1, 0.15) is 36.5 Å². The third kappa shape index (κ3) is 8.67. The predicted octanol–water partition coefficient (Wildman–Crippen LogP) is 6.01. The lowest BCUT2D eigenvalue weighted by Crippen LogP contribution is -2.24. The maximum absolute atomic E-state index is 9.78. The standard InChI is InChI=1S/C37H39ClN8O4/c1-24-28(6-3-7-31(24)32-8-4-9-34(25(32)2)48-13-5-11-46-12-10-30(47)21-46)23-50-36-16-35(49-22-27-14-26(17-39)18-40-19-27)29(15-33(36)38)20-41-37-42-44-45-43-37/h3-4,6-9,14-16,18-19,30,47H,5,10-13,20-23H2,1-2H3,(H2,41,42,43,44,45)/t30-/m1/s1. The van der Waals surface area contributed by atoms with Gasteiger partial charge in [-0.2, -0.15) is 5.26 Å². The first kappa shape index (κ1) is 34.6. The third-order valence-corrected chi connectivity index (χ3v) is 9.05. The number of hydrogen-bond acceptors (Lipinski definition) is 11. The number of H-pyrrole nitrogens is 1. The van der Waals surface area contributed by atoms with Gasteiger partial charge in [-0.15, -0.1) is 0 Å². The molecule has 1 aliphatic heterocycles. The normalized spacial score (nSPS) is 14.3. The van der Waals surface area contributed by atoms with E-state index in [1.54, 1.807) is 24.4 Å². The van der Waals surface area contributed by atoms with Crippen molar-refractivity contribution in [3.8, 4) is 34.4 Å². The molecule has 3 aromatic carbocycles. The number of anilines is 1. The number of pyridine rings is 1. The molecule has 1 atom stereocenters. The Labute approximate surface area is 296 Å². The van der Waals surface area contributed by atoms with Crippen LogP contribution in [0, 0.1) is 25.2 Å². The van der Waals surface area contributed by atoms with E-state index < -0.39 is 0 Å². The highest BCUT2D eigenvalue weighted by Gasteiger charge is 2.20. The Morgan fingerprint density at radius 2 is 1.80 bits per heavy atom. The lowest BCUT2D eigenvalue weighted by Gasteiger charge is -2.18. The van der Waals surface area contributed by atoms with Crippen molar-refractivity contribution in [2.45, 2.75) is 52.6 Å². The van der Waals surface area contributed by atoms with Crippen LogP contribution in [0.5, 0.6) is 17.2 Å². The summed E-state index contributed by atoms with van der Waals surface area (Å²) in [6.45, 7) is 8.21. The Balaban J connectivity index is 1.16. The minimum absolute atomic E-state index is 0.187. The monoisotopic (exact) mass is 694 g/mol. The Hall–Kier alpha value is -5.22. The topological polar surface area (TPSA) is 154 Å². The fraction of sp³-hybridized carbons (Fsp3) is 0.324. The Morgan fingerprint density at radius 1 is 0.980 bits per heavy atom. The highest BCUT2D eigenvalue weighted by atomic mass is 35.5. The molecule has 3 N–H and O–H groups in total. The molecular weight excluding hydrogens is 656 g/mol. The van der Waals surface area contributed by atoms with E-state index in [1.807, 2.05) is 24.3 Å². The largest absolute Gasteiger partial charge is 0.493 e. The number of rotatable bonds is 15. The van der Waals surface area contributed by atoms with Crippen LogP contribution in [0.15, 0.2) is 67.0 Å². The molecule has 13 heteroatoms. The SMILES string of the molecule is Cc1c(COc2cc(OCc3cncc(C#N)c3)c(CNc3nnn[nH]3)cc2Cl)cccc1-c1cccc(OCCCN2CC[C@@H](O)C2)c1C. The van der Waals surface area contributed by atoms with Gasteiger partial charge in [0.25, 0.3) is 0 Å². The molecule has 0 spiro atoms. The molecular formula is C37H39ClN8O4. The van der Waals surface area contributed by atoms with Gasteiger partial charge in [0.05, 0.1) is 23.3 Å².